The van der Waals surface area contributed by atoms with Gasteiger partial charge in [-0.3, -0.25) is 9.59 Å². The molecule has 1 heterocycles. The van der Waals surface area contributed by atoms with Crippen LogP contribution in [-0.2, 0) is 9.53 Å². The van der Waals surface area contributed by atoms with E-state index in [4.69, 9.17) is 9.47 Å². The number of rotatable bonds is 9. The van der Waals surface area contributed by atoms with Gasteiger partial charge in [-0.15, -0.1) is 0 Å². The van der Waals surface area contributed by atoms with E-state index in [1.54, 1.807) is 24.3 Å². The van der Waals surface area contributed by atoms with Crippen molar-refractivity contribution in [2.75, 3.05) is 32.8 Å². The Bertz CT molecular complexity index is 1040. The van der Waals surface area contributed by atoms with Gasteiger partial charge in [0, 0.05) is 31.7 Å². The predicted molar refractivity (Wildman–Crippen MR) is 145 cm³/mol. The highest BCUT2D eigenvalue weighted by atomic mass is 16.5. The zero-order valence-electron chi connectivity index (χ0n) is 22.2. The van der Waals surface area contributed by atoms with Crippen LogP contribution in [0.1, 0.15) is 67.3 Å². The van der Waals surface area contributed by atoms with E-state index in [-0.39, 0.29) is 29.9 Å². The Morgan fingerprint density at radius 3 is 2.16 bits per heavy atom. The Kier molecular flexibility index (Phi) is 10.0. The Hall–Kier alpha value is -3.55. The van der Waals surface area contributed by atoms with Gasteiger partial charge < -0.3 is 25.0 Å². The fraction of sp³-hybridized carbons (Fsp3) is 0.500. The van der Waals surface area contributed by atoms with Gasteiger partial charge in [0.05, 0.1) is 18.6 Å². The molecule has 0 radical (unpaired) electrons. The molecule has 0 aromatic heterocycles. The zero-order valence-corrected chi connectivity index (χ0v) is 22.2. The molecule has 8 nitrogen and oxygen atoms in total. The van der Waals surface area contributed by atoms with Crippen LogP contribution in [-0.4, -0.2) is 61.7 Å². The average Bonchev–Trinajstić information content (AvgIpc) is 2.96. The molecule has 2 aromatic rings. The summed E-state index contributed by atoms with van der Waals surface area (Å²) in [6.45, 7) is 4.44. The molecule has 38 heavy (non-hydrogen) atoms. The van der Waals surface area contributed by atoms with Crippen LogP contribution in [0.25, 0.3) is 0 Å². The topological polar surface area (TPSA) is 97.0 Å². The smallest absolute Gasteiger partial charge is 0.317 e. The van der Waals surface area contributed by atoms with Gasteiger partial charge in [-0.25, -0.2) is 4.79 Å². The number of ether oxygens (including phenoxy) is 2. The number of esters is 1. The van der Waals surface area contributed by atoms with Crippen molar-refractivity contribution in [3.8, 4) is 5.75 Å². The molecular weight excluding hydrogens is 482 g/mol. The number of urea groups is 1. The van der Waals surface area contributed by atoms with Crippen molar-refractivity contribution in [2.45, 2.75) is 57.5 Å². The monoisotopic (exact) mass is 521 g/mol. The molecule has 8 heteroatoms. The Balaban J connectivity index is 1.11. The summed E-state index contributed by atoms with van der Waals surface area (Å²) < 4.78 is 11.2. The quantitative estimate of drug-likeness (QED) is 0.374. The standard InChI is InChI=1S/C30H39N3O5/c1-2-37-29(35)25-10-14-27(15-11-25)38-26-12-8-24(9-13-26)28(34)31-18-19-32-30(36)33-20-16-23(17-21-33)22-6-4-3-5-7-22/h3-9,12-13,23,25,27H,2,10-11,14-21H2,1H3,(H,31,34)(H,32,36). The number of amides is 3. The van der Waals surface area contributed by atoms with E-state index >= 15 is 0 Å². The molecule has 1 saturated carbocycles. The number of carbonyl (C=O) groups excluding carboxylic acids is 3. The maximum atomic E-state index is 12.5. The molecule has 3 amide bonds. The molecule has 2 fully saturated rings. The van der Waals surface area contributed by atoms with E-state index in [2.05, 4.69) is 34.9 Å². The van der Waals surface area contributed by atoms with E-state index in [0.717, 1.165) is 51.6 Å². The molecule has 0 unspecified atom stereocenters. The van der Waals surface area contributed by atoms with Crippen LogP contribution in [0.5, 0.6) is 5.75 Å². The van der Waals surface area contributed by atoms with Crippen molar-refractivity contribution in [2.24, 2.45) is 5.92 Å². The summed E-state index contributed by atoms with van der Waals surface area (Å²) in [4.78, 5) is 38.7. The van der Waals surface area contributed by atoms with E-state index in [1.807, 2.05) is 17.9 Å². The summed E-state index contributed by atoms with van der Waals surface area (Å²) in [5.74, 6) is 0.887. The lowest BCUT2D eigenvalue weighted by molar-refractivity contribution is -0.149. The second-order valence-corrected chi connectivity index (χ2v) is 10.0. The molecular formula is C30H39N3O5. The molecule has 1 aliphatic heterocycles. The number of hydrogen-bond donors (Lipinski definition) is 2. The lowest BCUT2D eigenvalue weighted by Gasteiger charge is -2.32. The number of nitrogens with one attached hydrogen (secondary N) is 2. The first-order valence-electron chi connectivity index (χ1n) is 13.8. The number of hydrogen-bond acceptors (Lipinski definition) is 5. The summed E-state index contributed by atoms with van der Waals surface area (Å²) in [6, 6.07) is 17.5. The largest absolute Gasteiger partial charge is 0.490 e. The SMILES string of the molecule is CCOC(=O)C1CCC(Oc2ccc(C(=O)NCCNC(=O)N3CCC(c4ccccc4)CC3)cc2)CC1. The van der Waals surface area contributed by atoms with Crippen molar-refractivity contribution < 1.29 is 23.9 Å². The molecule has 4 rings (SSSR count). The van der Waals surface area contributed by atoms with Crippen LogP contribution in [0.15, 0.2) is 54.6 Å². The first-order chi connectivity index (χ1) is 18.5. The highest BCUT2D eigenvalue weighted by Crippen LogP contribution is 2.29. The first-order valence-corrected chi connectivity index (χ1v) is 13.8. The van der Waals surface area contributed by atoms with Gasteiger partial charge in [0.1, 0.15) is 5.75 Å². The molecule has 0 atom stereocenters. The van der Waals surface area contributed by atoms with Gasteiger partial charge in [0.2, 0.25) is 0 Å². The van der Waals surface area contributed by atoms with Crippen LogP contribution >= 0.6 is 0 Å². The summed E-state index contributed by atoms with van der Waals surface area (Å²) in [5.41, 5.74) is 1.88. The van der Waals surface area contributed by atoms with Crippen LogP contribution in [0.3, 0.4) is 0 Å². The molecule has 0 bridgehead atoms. The zero-order chi connectivity index (χ0) is 26.7. The van der Waals surface area contributed by atoms with E-state index < -0.39 is 0 Å². The third kappa shape index (κ3) is 7.73. The van der Waals surface area contributed by atoms with Crippen molar-refractivity contribution >= 4 is 17.9 Å². The van der Waals surface area contributed by atoms with Crippen LogP contribution < -0.4 is 15.4 Å². The lowest BCUT2D eigenvalue weighted by atomic mass is 9.87. The van der Waals surface area contributed by atoms with Crippen molar-refractivity contribution in [3.63, 3.8) is 0 Å². The molecule has 2 aromatic carbocycles. The second kappa shape index (κ2) is 13.8. The minimum atomic E-state index is -0.190. The molecule has 1 saturated heterocycles. The number of carbonyl (C=O) groups is 3. The van der Waals surface area contributed by atoms with Crippen LogP contribution in [0, 0.1) is 5.92 Å². The van der Waals surface area contributed by atoms with Gasteiger partial charge in [-0.05, 0) is 81.2 Å². The normalized spacial score (nSPS) is 19.9. The summed E-state index contributed by atoms with van der Waals surface area (Å²) in [6.07, 6.45) is 5.14. The summed E-state index contributed by atoms with van der Waals surface area (Å²) in [5, 5.41) is 5.76. The fourth-order valence-electron chi connectivity index (χ4n) is 5.25. The van der Waals surface area contributed by atoms with Crippen molar-refractivity contribution in [1.82, 2.24) is 15.5 Å². The van der Waals surface area contributed by atoms with Gasteiger partial charge in [0.25, 0.3) is 5.91 Å². The highest BCUT2D eigenvalue weighted by Gasteiger charge is 2.28. The van der Waals surface area contributed by atoms with E-state index in [1.165, 1.54) is 5.56 Å². The molecule has 2 aliphatic rings. The second-order valence-electron chi connectivity index (χ2n) is 10.0. The molecule has 2 N–H and O–H groups in total. The molecule has 204 valence electrons. The highest BCUT2D eigenvalue weighted by molar-refractivity contribution is 5.94. The van der Waals surface area contributed by atoms with Crippen LogP contribution in [0.2, 0.25) is 0 Å². The third-order valence-corrected chi connectivity index (χ3v) is 7.45. The maximum absolute atomic E-state index is 12.5. The Morgan fingerprint density at radius 1 is 0.842 bits per heavy atom. The van der Waals surface area contributed by atoms with Gasteiger partial charge in [-0.2, -0.15) is 0 Å². The van der Waals surface area contributed by atoms with E-state index in [9.17, 15) is 14.4 Å². The maximum Gasteiger partial charge on any atom is 0.317 e. The van der Waals surface area contributed by atoms with Crippen molar-refractivity contribution in [3.05, 3.63) is 65.7 Å². The lowest BCUT2D eigenvalue weighted by Crippen LogP contribution is -2.46. The number of piperidine rings is 1. The first kappa shape index (κ1) is 27.5. The van der Waals surface area contributed by atoms with Crippen LogP contribution in [0.4, 0.5) is 4.79 Å². The fourth-order valence-corrected chi connectivity index (χ4v) is 5.25. The number of nitrogens with zero attached hydrogens (tertiary/aromatic N) is 1. The Labute approximate surface area is 225 Å². The third-order valence-electron chi connectivity index (χ3n) is 7.45. The number of benzene rings is 2. The number of likely N-dealkylation sites (tertiary alicyclic amines) is 1. The average molecular weight is 522 g/mol. The predicted octanol–water partition coefficient (Wildman–Crippen LogP) is 4.51. The molecule has 1 aliphatic carbocycles. The summed E-state index contributed by atoms with van der Waals surface area (Å²) >= 11 is 0. The van der Waals surface area contributed by atoms with Crippen molar-refractivity contribution in [1.29, 1.82) is 0 Å². The van der Waals surface area contributed by atoms with E-state index in [0.29, 0.717) is 36.9 Å². The summed E-state index contributed by atoms with van der Waals surface area (Å²) in [7, 11) is 0. The Morgan fingerprint density at radius 2 is 1.50 bits per heavy atom. The minimum Gasteiger partial charge on any atom is -0.490 e. The van der Waals surface area contributed by atoms with Gasteiger partial charge >= 0.3 is 12.0 Å². The van der Waals surface area contributed by atoms with Gasteiger partial charge in [0.15, 0.2) is 0 Å². The molecule has 0 spiro atoms. The van der Waals surface area contributed by atoms with Gasteiger partial charge in [-0.1, -0.05) is 30.3 Å². The minimum absolute atomic E-state index is 0.0301.